The number of likely N-dealkylation sites (N-methyl/N-ethyl adjacent to an activating group) is 1. The quantitative estimate of drug-likeness (QED) is 0.784. The van der Waals surface area contributed by atoms with E-state index in [1.165, 1.54) is 4.90 Å². The van der Waals surface area contributed by atoms with E-state index in [0.717, 1.165) is 16.9 Å². The first-order valence-corrected chi connectivity index (χ1v) is 8.91. The van der Waals surface area contributed by atoms with Crippen LogP contribution in [0, 0.1) is 19.8 Å². The van der Waals surface area contributed by atoms with Gasteiger partial charge in [0.2, 0.25) is 0 Å². The smallest absolute Gasteiger partial charge is 0.327 e. The van der Waals surface area contributed by atoms with Crippen molar-refractivity contribution in [2.45, 2.75) is 46.1 Å². The summed E-state index contributed by atoms with van der Waals surface area (Å²) < 4.78 is 0. The minimum absolute atomic E-state index is 0.0650. The van der Waals surface area contributed by atoms with Gasteiger partial charge >= 0.3 is 6.03 Å². The molecular formula is C18H27N5O2. The Hall–Kier alpha value is -2.18. The van der Waals surface area contributed by atoms with E-state index in [1.807, 2.05) is 13.8 Å². The van der Waals surface area contributed by atoms with Gasteiger partial charge in [-0.15, -0.1) is 5.10 Å². The first kappa shape index (κ1) is 17.6. The lowest BCUT2D eigenvalue weighted by atomic mass is 9.85. The SMILES string of the molecule is Cc1cnnc(N2CCC3(CC2)C(=O)N(C)C(=O)N3CC(C)C)c1C. The van der Waals surface area contributed by atoms with Crippen LogP contribution in [0.2, 0.25) is 0 Å². The summed E-state index contributed by atoms with van der Waals surface area (Å²) in [6.45, 7) is 10.2. The number of piperidine rings is 1. The van der Waals surface area contributed by atoms with Crippen LogP contribution < -0.4 is 4.90 Å². The van der Waals surface area contributed by atoms with Crippen LogP contribution in [-0.4, -0.2) is 64.2 Å². The van der Waals surface area contributed by atoms with Crippen LogP contribution in [0.15, 0.2) is 6.20 Å². The molecule has 0 N–H and O–H groups in total. The molecule has 2 fully saturated rings. The van der Waals surface area contributed by atoms with Gasteiger partial charge in [0.15, 0.2) is 5.82 Å². The fourth-order valence-electron chi connectivity index (χ4n) is 3.89. The van der Waals surface area contributed by atoms with E-state index in [1.54, 1.807) is 18.1 Å². The highest BCUT2D eigenvalue weighted by atomic mass is 16.2. The molecule has 0 radical (unpaired) electrons. The highest BCUT2D eigenvalue weighted by Gasteiger charge is 2.56. The summed E-state index contributed by atoms with van der Waals surface area (Å²) in [7, 11) is 1.59. The molecule has 0 aromatic carbocycles. The summed E-state index contributed by atoms with van der Waals surface area (Å²) in [5, 5.41) is 8.37. The zero-order valence-corrected chi connectivity index (χ0v) is 15.7. The molecule has 0 bridgehead atoms. The number of hydrogen-bond acceptors (Lipinski definition) is 5. The molecule has 2 aliphatic heterocycles. The minimum atomic E-state index is -0.697. The Balaban J connectivity index is 1.84. The molecule has 0 atom stereocenters. The summed E-state index contributed by atoms with van der Waals surface area (Å²) in [5.74, 6) is 1.14. The van der Waals surface area contributed by atoms with Crippen LogP contribution in [-0.2, 0) is 4.79 Å². The summed E-state index contributed by atoms with van der Waals surface area (Å²) in [5.41, 5.74) is 1.53. The van der Waals surface area contributed by atoms with Crippen molar-refractivity contribution in [2.75, 3.05) is 31.6 Å². The molecule has 1 spiro atoms. The number of hydrogen-bond donors (Lipinski definition) is 0. The van der Waals surface area contributed by atoms with Crippen molar-refractivity contribution in [1.29, 1.82) is 0 Å². The average Bonchev–Trinajstić information content (AvgIpc) is 2.74. The maximum atomic E-state index is 12.9. The van der Waals surface area contributed by atoms with Crippen molar-refractivity contribution < 1.29 is 9.59 Å². The van der Waals surface area contributed by atoms with E-state index in [-0.39, 0.29) is 11.9 Å². The number of amides is 3. The summed E-state index contributed by atoms with van der Waals surface area (Å²) >= 11 is 0. The highest BCUT2D eigenvalue weighted by Crippen LogP contribution is 2.38. The van der Waals surface area contributed by atoms with Gasteiger partial charge in [-0.25, -0.2) is 4.79 Å². The van der Waals surface area contributed by atoms with Gasteiger partial charge in [0.1, 0.15) is 5.54 Å². The van der Waals surface area contributed by atoms with Gasteiger partial charge in [-0.05, 0) is 43.7 Å². The molecule has 2 aliphatic rings. The van der Waals surface area contributed by atoms with E-state index in [9.17, 15) is 9.59 Å². The van der Waals surface area contributed by atoms with Crippen molar-refractivity contribution in [3.63, 3.8) is 0 Å². The maximum absolute atomic E-state index is 12.9. The molecular weight excluding hydrogens is 318 g/mol. The zero-order valence-electron chi connectivity index (χ0n) is 15.7. The molecule has 1 aromatic rings. The van der Waals surface area contributed by atoms with Gasteiger partial charge in [-0.3, -0.25) is 9.69 Å². The first-order valence-electron chi connectivity index (χ1n) is 8.91. The molecule has 136 valence electrons. The van der Waals surface area contributed by atoms with Crippen molar-refractivity contribution in [3.8, 4) is 0 Å². The summed E-state index contributed by atoms with van der Waals surface area (Å²) in [6, 6.07) is -0.168. The summed E-state index contributed by atoms with van der Waals surface area (Å²) in [4.78, 5) is 30.7. The Morgan fingerprint density at radius 2 is 1.84 bits per heavy atom. The van der Waals surface area contributed by atoms with Crippen LogP contribution in [0.4, 0.5) is 10.6 Å². The van der Waals surface area contributed by atoms with E-state index < -0.39 is 5.54 Å². The Kier molecular flexibility index (Phi) is 4.43. The number of rotatable bonds is 3. The largest absolute Gasteiger partial charge is 0.355 e. The number of urea groups is 1. The lowest BCUT2D eigenvalue weighted by Crippen LogP contribution is -2.57. The zero-order chi connectivity index (χ0) is 18.4. The van der Waals surface area contributed by atoms with E-state index in [2.05, 4.69) is 28.9 Å². The van der Waals surface area contributed by atoms with Gasteiger partial charge < -0.3 is 9.80 Å². The highest BCUT2D eigenvalue weighted by molar-refractivity contribution is 6.07. The molecule has 7 nitrogen and oxygen atoms in total. The summed E-state index contributed by atoms with van der Waals surface area (Å²) in [6.07, 6.45) is 3.02. The fraction of sp³-hybridized carbons (Fsp3) is 0.667. The van der Waals surface area contributed by atoms with Crippen LogP contribution in [0.25, 0.3) is 0 Å². The lowest BCUT2D eigenvalue weighted by Gasteiger charge is -2.43. The minimum Gasteiger partial charge on any atom is -0.355 e. The molecule has 0 aliphatic carbocycles. The van der Waals surface area contributed by atoms with Gasteiger partial charge in [-0.1, -0.05) is 13.8 Å². The fourth-order valence-corrected chi connectivity index (χ4v) is 3.89. The second kappa shape index (κ2) is 6.28. The van der Waals surface area contributed by atoms with Crippen LogP contribution in [0.1, 0.15) is 37.8 Å². The van der Waals surface area contributed by atoms with Gasteiger partial charge in [0.25, 0.3) is 5.91 Å². The third kappa shape index (κ3) is 2.75. The monoisotopic (exact) mass is 345 g/mol. The Labute approximate surface area is 149 Å². The molecule has 1 aromatic heterocycles. The lowest BCUT2D eigenvalue weighted by molar-refractivity contribution is -0.133. The number of aryl methyl sites for hydroxylation is 1. The van der Waals surface area contributed by atoms with Gasteiger partial charge in [0.05, 0.1) is 6.20 Å². The van der Waals surface area contributed by atoms with Crippen LogP contribution >= 0.6 is 0 Å². The molecule has 2 saturated heterocycles. The Morgan fingerprint density at radius 3 is 2.44 bits per heavy atom. The topological polar surface area (TPSA) is 69.6 Å². The van der Waals surface area contributed by atoms with Crippen molar-refractivity contribution in [3.05, 3.63) is 17.3 Å². The molecule has 7 heteroatoms. The van der Waals surface area contributed by atoms with E-state index in [4.69, 9.17) is 0 Å². The average molecular weight is 345 g/mol. The number of carbonyl (C=O) groups is 2. The maximum Gasteiger partial charge on any atom is 0.327 e. The number of aromatic nitrogens is 2. The second-order valence-electron chi connectivity index (χ2n) is 7.65. The first-order chi connectivity index (χ1) is 11.8. The molecule has 0 unspecified atom stereocenters. The predicted octanol–water partition coefficient (Wildman–Crippen LogP) is 1.98. The third-order valence-corrected chi connectivity index (χ3v) is 5.51. The van der Waals surface area contributed by atoms with Crippen molar-refractivity contribution in [2.24, 2.45) is 5.92 Å². The standard InChI is InChI=1S/C18H27N5O2/c1-12(2)11-23-17(25)21(5)16(24)18(23)6-8-22(9-7-18)15-14(4)13(3)10-19-20-15/h10,12H,6-9,11H2,1-5H3. The van der Waals surface area contributed by atoms with Crippen molar-refractivity contribution in [1.82, 2.24) is 20.0 Å². The van der Waals surface area contributed by atoms with Crippen molar-refractivity contribution >= 4 is 17.8 Å². The number of anilines is 1. The number of carbonyl (C=O) groups excluding carboxylic acids is 2. The third-order valence-electron chi connectivity index (χ3n) is 5.51. The Bertz CT molecular complexity index is 695. The van der Waals surface area contributed by atoms with Crippen LogP contribution in [0.3, 0.4) is 0 Å². The molecule has 3 amide bonds. The van der Waals surface area contributed by atoms with Gasteiger partial charge in [-0.2, -0.15) is 5.10 Å². The second-order valence-corrected chi connectivity index (χ2v) is 7.65. The number of imide groups is 1. The van der Waals surface area contributed by atoms with E-state index >= 15 is 0 Å². The van der Waals surface area contributed by atoms with E-state index in [0.29, 0.717) is 38.4 Å². The molecule has 0 saturated carbocycles. The van der Waals surface area contributed by atoms with Crippen LogP contribution in [0.5, 0.6) is 0 Å². The predicted molar refractivity (Wildman–Crippen MR) is 95.4 cm³/mol. The van der Waals surface area contributed by atoms with Gasteiger partial charge in [0, 0.05) is 26.7 Å². The molecule has 25 heavy (non-hydrogen) atoms. The normalized spacial score (nSPS) is 20.3. The molecule has 3 heterocycles. The molecule has 3 rings (SSSR count). The number of nitrogens with zero attached hydrogens (tertiary/aromatic N) is 5. The Morgan fingerprint density at radius 1 is 1.20 bits per heavy atom.